The molecule has 1 aromatic heterocycles. The molecule has 1 aliphatic carbocycles. The van der Waals surface area contributed by atoms with E-state index in [9.17, 15) is 27.6 Å². The van der Waals surface area contributed by atoms with E-state index in [1.165, 1.54) is 11.0 Å². The summed E-state index contributed by atoms with van der Waals surface area (Å²) in [6, 6.07) is 3.52. The number of rotatable bonds is 11. The molecule has 4 rings (SSSR count). The Kier molecular flexibility index (Phi) is 11.0. The third-order valence-corrected chi connectivity index (χ3v) is 9.99. The molecule has 2 aromatic rings. The van der Waals surface area contributed by atoms with Crippen molar-refractivity contribution in [3.05, 3.63) is 48.3 Å². The Morgan fingerprint density at radius 3 is 2.40 bits per heavy atom. The van der Waals surface area contributed by atoms with Crippen LogP contribution in [0.4, 0.5) is 4.79 Å². The van der Waals surface area contributed by atoms with Crippen LogP contribution in [0.25, 0.3) is 10.8 Å². The summed E-state index contributed by atoms with van der Waals surface area (Å²) in [4.78, 5) is 59.4. The molecule has 13 nitrogen and oxygen atoms in total. The van der Waals surface area contributed by atoms with Crippen LogP contribution in [-0.4, -0.2) is 83.7 Å². The zero-order chi connectivity index (χ0) is 35.6. The Balaban J connectivity index is 1.61. The number of nitrogens with one attached hydrogen (secondary N) is 3. The summed E-state index contributed by atoms with van der Waals surface area (Å²) in [6.45, 7) is 14.0. The fourth-order valence-corrected chi connectivity index (χ4v) is 6.91. The van der Waals surface area contributed by atoms with E-state index in [0.29, 0.717) is 23.7 Å². The topological polar surface area (TPSA) is 173 Å². The van der Waals surface area contributed by atoms with Crippen molar-refractivity contribution in [3.8, 4) is 5.75 Å². The first kappa shape index (κ1) is 36.9. The first-order valence-corrected chi connectivity index (χ1v) is 17.7. The summed E-state index contributed by atoms with van der Waals surface area (Å²) in [7, 11) is -3.88. The minimum atomic E-state index is -3.88. The minimum absolute atomic E-state index is 0.0248. The Morgan fingerprint density at radius 2 is 1.79 bits per heavy atom. The van der Waals surface area contributed by atoms with Gasteiger partial charge in [0.05, 0.1) is 11.8 Å². The highest BCUT2D eigenvalue weighted by molar-refractivity contribution is 7.90. The molecule has 2 heterocycles. The van der Waals surface area contributed by atoms with E-state index in [0.717, 1.165) is 10.8 Å². The van der Waals surface area contributed by atoms with E-state index in [4.69, 9.17) is 21.1 Å². The zero-order valence-corrected chi connectivity index (χ0v) is 29.6. The molecule has 48 heavy (non-hydrogen) atoms. The van der Waals surface area contributed by atoms with Crippen molar-refractivity contribution in [3.63, 3.8) is 0 Å². The molecular weight excluding hydrogens is 662 g/mol. The van der Waals surface area contributed by atoms with Crippen molar-refractivity contribution in [2.75, 3.05) is 6.54 Å². The van der Waals surface area contributed by atoms with Crippen molar-refractivity contribution < 1.29 is 37.1 Å². The number of amides is 4. The minimum Gasteiger partial charge on any atom is -0.488 e. The second-order valence-electron chi connectivity index (χ2n) is 14.2. The number of fused-ring (bicyclic) bond motifs is 1. The Bertz CT molecular complexity index is 1680. The van der Waals surface area contributed by atoms with E-state index < -0.39 is 74.3 Å². The Morgan fingerprint density at radius 1 is 1.10 bits per heavy atom. The highest BCUT2D eigenvalue weighted by Gasteiger charge is 2.47. The van der Waals surface area contributed by atoms with Gasteiger partial charge in [-0.25, -0.2) is 18.2 Å². The number of halogens is 1. The lowest BCUT2D eigenvalue weighted by Gasteiger charge is -2.35. The van der Waals surface area contributed by atoms with Crippen LogP contribution < -0.4 is 20.1 Å². The summed E-state index contributed by atoms with van der Waals surface area (Å²) >= 11 is 6.22. The fraction of sp³-hybridized carbons (Fsp3) is 0.545. The number of aromatic nitrogens is 1. The molecule has 2 aliphatic rings. The van der Waals surface area contributed by atoms with Crippen LogP contribution in [0.3, 0.4) is 0 Å². The average Bonchev–Trinajstić information content (AvgIpc) is 3.75. The van der Waals surface area contributed by atoms with Crippen LogP contribution in [0, 0.1) is 5.41 Å². The number of carbonyl (C=O) groups is 4. The quantitative estimate of drug-likeness (QED) is 0.232. The van der Waals surface area contributed by atoms with Crippen molar-refractivity contribution >= 4 is 56.2 Å². The van der Waals surface area contributed by atoms with Gasteiger partial charge in [-0.1, -0.05) is 38.4 Å². The van der Waals surface area contributed by atoms with Gasteiger partial charge in [-0.05, 0) is 75.1 Å². The van der Waals surface area contributed by atoms with Crippen LogP contribution in [-0.2, 0) is 29.1 Å². The SMILES string of the molecule is C=CC[C@@H](NC(=O)[C@@H]1C[C@@H](Oc2ccc3c(Cl)nccc3c2)CN1C(=O)[C@@H](NC(=O)OC(C)(C)C)C(C)(C)C)C(=O)NS(=O)(=O)C1CC1. The van der Waals surface area contributed by atoms with Crippen LogP contribution >= 0.6 is 11.6 Å². The molecule has 0 unspecified atom stereocenters. The van der Waals surface area contributed by atoms with E-state index in [-0.39, 0.29) is 19.4 Å². The number of nitrogens with zero attached hydrogens (tertiary/aromatic N) is 2. The lowest BCUT2D eigenvalue weighted by Crippen LogP contribution is -2.59. The van der Waals surface area contributed by atoms with Gasteiger partial charge in [-0.3, -0.25) is 19.1 Å². The normalized spacial score (nSPS) is 19.6. The maximum atomic E-state index is 14.3. The van der Waals surface area contributed by atoms with Crippen LogP contribution in [0.2, 0.25) is 5.15 Å². The number of pyridine rings is 1. The first-order valence-electron chi connectivity index (χ1n) is 15.8. The van der Waals surface area contributed by atoms with E-state index in [1.807, 2.05) is 0 Å². The summed E-state index contributed by atoms with van der Waals surface area (Å²) in [5, 5.41) is 6.49. The average molecular weight is 706 g/mol. The lowest BCUT2D eigenvalue weighted by atomic mass is 9.85. The second kappa shape index (κ2) is 14.3. The summed E-state index contributed by atoms with van der Waals surface area (Å²) in [5.41, 5.74) is -1.62. The van der Waals surface area contributed by atoms with Gasteiger partial charge in [0.15, 0.2) is 0 Å². The number of carbonyl (C=O) groups excluding carboxylic acids is 4. The number of ether oxygens (including phenoxy) is 2. The van der Waals surface area contributed by atoms with Crippen LogP contribution in [0.5, 0.6) is 5.75 Å². The second-order valence-corrected chi connectivity index (χ2v) is 16.5. The van der Waals surface area contributed by atoms with Crippen molar-refractivity contribution in [2.24, 2.45) is 5.41 Å². The summed E-state index contributed by atoms with van der Waals surface area (Å²) in [5.74, 6) is -1.68. The largest absolute Gasteiger partial charge is 0.488 e. The highest BCUT2D eigenvalue weighted by atomic mass is 35.5. The maximum Gasteiger partial charge on any atom is 0.408 e. The molecule has 3 N–H and O–H groups in total. The van der Waals surface area contributed by atoms with Crippen LogP contribution in [0.1, 0.15) is 67.2 Å². The molecule has 2 fully saturated rings. The third-order valence-electron chi connectivity index (χ3n) is 7.85. The molecule has 4 amide bonds. The van der Waals surface area contributed by atoms with Gasteiger partial charge in [0.2, 0.25) is 21.8 Å². The molecule has 4 atom stereocenters. The molecule has 1 saturated heterocycles. The molecule has 262 valence electrons. The van der Waals surface area contributed by atoms with Crippen molar-refractivity contribution in [1.29, 1.82) is 0 Å². The van der Waals surface area contributed by atoms with Crippen molar-refractivity contribution in [1.82, 2.24) is 25.2 Å². The van der Waals surface area contributed by atoms with Gasteiger partial charge in [-0.2, -0.15) is 0 Å². The van der Waals surface area contributed by atoms with Gasteiger partial charge < -0.3 is 25.0 Å². The highest BCUT2D eigenvalue weighted by Crippen LogP contribution is 2.31. The smallest absolute Gasteiger partial charge is 0.408 e. The fourth-order valence-electron chi connectivity index (χ4n) is 5.34. The molecule has 1 saturated carbocycles. The standard InChI is InChI=1S/C33H44ClN5O8S/c1-8-9-24(28(40)38-48(44,45)22-11-12-22)36-29(41)25-17-21(46-20-10-13-23-19(16-20)14-15-35-27(23)34)18-39(25)30(42)26(32(2,3)4)37-31(43)47-33(5,6)7/h8,10,13-16,21-22,24-26H,1,9,11-12,17-18H2,2-7H3,(H,36,41)(H,37,43)(H,38,40)/t21-,24-,25+,26-/m1/s1. The van der Waals surface area contributed by atoms with E-state index in [1.54, 1.807) is 72.0 Å². The number of sulfonamides is 1. The molecule has 0 bridgehead atoms. The van der Waals surface area contributed by atoms with Gasteiger partial charge in [0, 0.05) is 18.0 Å². The molecule has 1 aliphatic heterocycles. The molecule has 15 heteroatoms. The number of alkyl carbamates (subject to hydrolysis) is 1. The summed E-state index contributed by atoms with van der Waals surface area (Å²) < 4.78 is 38.7. The van der Waals surface area contributed by atoms with Crippen LogP contribution in [0.15, 0.2) is 43.1 Å². The Labute approximate surface area is 286 Å². The molecule has 0 radical (unpaired) electrons. The van der Waals surface area contributed by atoms with E-state index in [2.05, 4.69) is 26.9 Å². The Hall–Kier alpha value is -3.91. The lowest BCUT2D eigenvalue weighted by molar-refractivity contribution is -0.142. The maximum absolute atomic E-state index is 14.3. The first-order chi connectivity index (χ1) is 22.3. The summed E-state index contributed by atoms with van der Waals surface area (Å²) in [6.07, 6.45) is 2.39. The monoisotopic (exact) mass is 705 g/mol. The molecular formula is C33H44ClN5O8S. The molecule has 1 aromatic carbocycles. The van der Waals surface area contributed by atoms with E-state index >= 15 is 0 Å². The van der Waals surface area contributed by atoms with Gasteiger partial charge in [-0.15, -0.1) is 6.58 Å². The predicted molar refractivity (Wildman–Crippen MR) is 181 cm³/mol. The van der Waals surface area contributed by atoms with Gasteiger partial charge in [0.1, 0.15) is 40.7 Å². The predicted octanol–water partition coefficient (Wildman–Crippen LogP) is 3.85. The number of hydrogen-bond acceptors (Lipinski definition) is 9. The number of likely N-dealkylation sites (tertiary alicyclic amines) is 1. The molecule has 0 spiro atoms. The zero-order valence-electron chi connectivity index (χ0n) is 28.0. The van der Waals surface area contributed by atoms with Gasteiger partial charge >= 0.3 is 6.09 Å². The van der Waals surface area contributed by atoms with Crippen molar-refractivity contribution in [2.45, 2.75) is 102 Å². The third kappa shape index (κ3) is 9.37. The number of benzene rings is 1. The van der Waals surface area contributed by atoms with Gasteiger partial charge in [0.25, 0.3) is 5.91 Å². The number of hydrogen-bond donors (Lipinski definition) is 3.